The standard InChI is InChI=1S/C26H34N4O2/c1-18-10-13-29(14-11-18)26-27-23-12-15-30(25(31)20-7-3-4-8-20)17-22(23)24(28-26)32-21-9-5-6-19(2)16-21/h5-6,9,16,18,20H,3-4,7-8,10-15,17H2,1-2H3. The predicted molar refractivity (Wildman–Crippen MR) is 125 cm³/mol. The molecule has 6 nitrogen and oxygen atoms in total. The van der Waals surface area contributed by atoms with Crippen molar-refractivity contribution in [3.05, 3.63) is 41.1 Å². The van der Waals surface area contributed by atoms with Gasteiger partial charge in [-0.1, -0.05) is 31.9 Å². The Labute approximate surface area is 191 Å². The van der Waals surface area contributed by atoms with Crippen molar-refractivity contribution >= 4 is 11.9 Å². The molecule has 1 amide bonds. The molecule has 1 saturated heterocycles. The molecule has 0 bridgehead atoms. The fraction of sp³-hybridized carbons (Fsp3) is 0.577. The average molecular weight is 435 g/mol. The molecule has 0 atom stereocenters. The molecule has 5 rings (SSSR count). The van der Waals surface area contributed by atoms with E-state index >= 15 is 0 Å². The Kier molecular flexibility index (Phi) is 6.03. The fourth-order valence-electron chi connectivity index (χ4n) is 5.22. The van der Waals surface area contributed by atoms with Crippen LogP contribution in [0.2, 0.25) is 0 Å². The van der Waals surface area contributed by atoms with Crippen LogP contribution in [0, 0.1) is 18.8 Å². The molecule has 0 unspecified atom stereocenters. The Hall–Kier alpha value is -2.63. The molecule has 0 N–H and O–H groups in total. The van der Waals surface area contributed by atoms with E-state index in [0.29, 0.717) is 18.3 Å². The summed E-state index contributed by atoms with van der Waals surface area (Å²) in [5, 5.41) is 0. The zero-order chi connectivity index (χ0) is 22.1. The van der Waals surface area contributed by atoms with Crippen molar-refractivity contribution in [2.75, 3.05) is 24.5 Å². The lowest BCUT2D eigenvalue weighted by molar-refractivity contribution is -0.136. The highest BCUT2D eigenvalue weighted by atomic mass is 16.5. The van der Waals surface area contributed by atoms with Crippen molar-refractivity contribution in [3.8, 4) is 11.6 Å². The molecule has 1 aromatic carbocycles. The normalized spacial score (nSPS) is 19.8. The molecule has 2 aromatic rings. The first-order chi connectivity index (χ1) is 15.6. The van der Waals surface area contributed by atoms with E-state index in [9.17, 15) is 4.79 Å². The monoisotopic (exact) mass is 434 g/mol. The summed E-state index contributed by atoms with van der Waals surface area (Å²) >= 11 is 0. The minimum absolute atomic E-state index is 0.188. The first-order valence-electron chi connectivity index (χ1n) is 12.2. The van der Waals surface area contributed by atoms with E-state index in [1.807, 2.05) is 23.1 Å². The molecule has 32 heavy (non-hydrogen) atoms. The summed E-state index contributed by atoms with van der Waals surface area (Å²) in [5.74, 6) is 3.40. The first-order valence-corrected chi connectivity index (χ1v) is 12.2. The number of benzene rings is 1. The van der Waals surface area contributed by atoms with Gasteiger partial charge >= 0.3 is 0 Å². The van der Waals surface area contributed by atoms with Gasteiger partial charge in [-0.3, -0.25) is 4.79 Å². The van der Waals surface area contributed by atoms with Gasteiger partial charge in [0.2, 0.25) is 17.7 Å². The third-order valence-electron chi connectivity index (χ3n) is 7.30. The second-order valence-electron chi connectivity index (χ2n) is 9.83. The largest absolute Gasteiger partial charge is 0.438 e. The van der Waals surface area contributed by atoms with Crippen molar-refractivity contribution < 1.29 is 9.53 Å². The maximum Gasteiger partial charge on any atom is 0.229 e. The van der Waals surface area contributed by atoms with Gasteiger partial charge in [-0.2, -0.15) is 4.98 Å². The first kappa shape index (κ1) is 21.2. The SMILES string of the molecule is Cc1cccc(Oc2nc(N3CCC(C)CC3)nc3c2CN(C(=O)C2CCCC2)CC3)c1. The van der Waals surface area contributed by atoms with Gasteiger partial charge in [0.1, 0.15) is 5.75 Å². The van der Waals surface area contributed by atoms with Gasteiger partial charge in [-0.05, 0) is 56.2 Å². The maximum atomic E-state index is 13.1. The second-order valence-corrected chi connectivity index (χ2v) is 9.83. The van der Waals surface area contributed by atoms with Crippen molar-refractivity contribution in [1.29, 1.82) is 0 Å². The molecule has 1 aromatic heterocycles. The lowest BCUT2D eigenvalue weighted by Crippen LogP contribution is -2.40. The molecule has 6 heteroatoms. The molecule has 2 fully saturated rings. The van der Waals surface area contributed by atoms with Crippen LogP contribution in [0.4, 0.5) is 5.95 Å². The average Bonchev–Trinajstić information content (AvgIpc) is 3.34. The molecular formula is C26H34N4O2. The highest BCUT2D eigenvalue weighted by molar-refractivity contribution is 5.79. The maximum absolute atomic E-state index is 13.1. The number of ether oxygens (including phenoxy) is 1. The summed E-state index contributed by atoms with van der Waals surface area (Å²) in [6, 6.07) is 8.06. The number of hydrogen-bond donors (Lipinski definition) is 0. The minimum atomic E-state index is 0.188. The number of hydrogen-bond acceptors (Lipinski definition) is 5. The van der Waals surface area contributed by atoms with Crippen LogP contribution in [0.3, 0.4) is 0 Å². The zero-order valence-corrected chi connectivity index (χ0v) is 19.3. The van der Waals surface area contributed by atoms with E-state index < -0.39 is 0 Å². The van der Waals surface area contributed by atoms with Gasteiger partial charge in [0, 0.05) is 32.0 Å². The van der Waals surface area contributed by atoms with E-state index in [2.05, 4.69) is 24.8 Å². The van der Waals surface area contributed by atoms with E-state index in [4.69, 9.17) is 14.7 Å². The molecule has 2 aliphatic heterocycles. The molecule has 170 valence electrons. The fourth-order valence-corrected chi connectivity index (χ4v) is 5.22. The van der Waals surface area contributed by atoms with E-state index in [1.54, 1.807) is 0 Å². The Bertz CT molecular complexity index is 978. The van der Waals surface area contributed by atoms with Crippen LogP contribution in [-0.2, 0) is 17.8 Å². The van der Waals surface area contributed by atoms with E-state index in [0.717, 1.165) is 86.2 Å². The number of anilines is 1. The van der Waals surface area contributed by atoms with Crippen LogP contribution in [0.1, 0.15) is 62.3 Å². The molecular weight excluding hydrogens is 400 g/mol. The summed E-state index contributed by atoms with van der Waals surface area (Å²) < 4.78 is 6.35. The lowest BCUT2D eigenvalue weighted by atomic mass is 9.99. The smallest absolute Gasteiger partial charge is 0.229 e. The number of aryl methyl sites for hydroxylation is 1. The summed E-state index contributed by atoms with van der Waals surface area (Å²) in [7, 11) is 0. The van der Waals surface area contributed by atoms with Crippen LogP contribution in [0.5, 0.6) is 11.6 Å². The number of aromatic nitrogens is 2. The number of carbonyl (C=O) groups is 1. The Morgan fingerprint density at radius 1 is 1.06 bits per heavy atom. The summed E-state index contributed by atoms with van der Waals surface area (Å²) in [4.78, 5) is 27.3. The van der Waals surface area contributed by atoms with Gasteiger partial charge in [0.15, 0.2) is 0 Å². The Balaban J connectivity index is 1.46. The van der Waals surface area contributed by atoms with Gasteiger partial charge in [0.25, 0.3) is 0 Å². The summed E-state index contributed by atoms with van der Waals surface area (Å²) in [5.41, 5.74) is 3.15. The number of nitrogens with zero attached hydrogens (tertiary/aromatic N) is 4. The molecule has 3 heterocycles. The van der Waals surface area contributed by atoms with Crippen molar-refractivity contribution in [2.45, 2.75) is 65.3 Å². The van der Waals surface area contributed by atoms with Gasteiger partial charge < -0.3 is 14.5 Å². The van der Waals surface area contributed by atoms with Crippen LogP contribution >= 0.6 is 0 Å². The molecule has 0 spiro atoms. The number of amides is 1. The highest BCUT2D eigenvalue weighted by Gasteiger charge is 2.32. The van der Waals surface area contributed by atoms with Gasteiger partial charge in [-0.25, -0.2) is 4.98 Å². The third kappa shape index (κ3) is 4.45. The van der Waals surface area contributed by atoms with Crippen LogP contribution in [-0.4, -0.2) is 40.4 Å². The topological polar surface area (TPSA) is 58.6 Å². The third-order valence-corrected chi connectivity index (χ3v) is 7.30. The van der Waals surface area contributed by atoms with Crippen molar-refractivity contribution in [3.63, 3.8) is 0 Å². The molecule has 3 aliphatic rings. The molecule has 1 saturated carbocycles. The lowest BCUT2D eigenvalue weighted by Gasteiger charge is -2.34. The highest BCUT2D eigenvalue weighted by Crippen LogP contribution is 2.34. The van der Waals surface area contributed by atoms with Crippen LogP contribution in [0.15, 0.2) is 24.3 Å². The van der Waals surface area contributed by atoms with E-state index in [-0.39, 0.29) is 5.92 Å². The molecule has 0 radical (unpaired) electrons. The van der Waals surface area contributed by atoms with Crippen molar-refractivity contribution in [1.82, 2.24) is 14.9 Å². The number of carbonyl (C=O) groups excluding carboxylic acids is 1. The predicted octanol–water partition coefficient (Wildman–Crippen LogP) is 4.89. The Morgan fingerprint density at radius 3 is 2.59 bits per heavy atom. The minimum Gasteiger partial charge on any atom is -0.438 e. The van der Waals surface area contributed by atoms with Gasteiger partial charge in [0.05, 0.1) is 17.8 Å². The zero-order valence-electron chi connectivity index (χ0n) is 19.3. The number of rotatable bonds is 4. The Morgan fingerprint density at radius 2 is 1.84 bits per heavy atom. The quantitative estimate of drug-likeness (QED) is 0.686. The summed E-state index contributed by atoms with van der Waals surface area (Å²) in [6.45, 7) is 7.62. The van der Waals surface area contributed by atoms with Crippen molar-refractivity contribution in [2.24, 2.45) is 11.8 Å². The number of piperidine rings is 1. The molecule has 1 aliphatic carbocycles. The van der Waals surface area contributed by atoms with Gasteiger partial charge in [-0.15, -0.1) is 0 Å². The second kappa shape index (κ2) is 9.08. The van der Waals surface area contributed by atoms with Crippen LogP contribution < -0.4 is 9.64 Å². The van der Waals surface area contributed by atoms with Crippen LogP contribution in [0.25, 0.3) is 0 Å². The number of fused-ring (bicyclic) bond motifs is 1. The van der Waals surface area contributed by atoms with E-state index in [1.165, 1.54) is 12.8 Å². The summed E-state index contributed by atoms with van der Waals surface area (Å²) in [6.07, 6.45) is 7.48.